The number of amides is 1. The van der Waals surface area contributed by atoms with Gasteiger partial charge in [0.25, 0.3) is 0 Å². The summed E-state index contributed by atoms with van der Waals surface area (Å²) in [4.78, 5) is 12.9. The van der Waals surface area contributed by atoms with E-state index in [1.807, 2.05) is 30.3 Å². The number of nitrogens with one attached hydrogen (secondary N) is 2. The van der Waals surface area contributed by atoms with Gasteiger partial charge in [-0.2, -0.15) is 0 Å². The molecule has 1 saturated heterocycles. The van der Waals surface area contributed by atoms with Crippen LogP contribution < -0.4 is 15.4 Å². The quantitative estimate of drug-likeness (QED) is 0.790. The second kappa shape index (κ2) is 8.10. The highest BCUT2D eigenvalue weighted by Gasteiger charge is 2.26. The number of hydrogen-bond donors (Lipinski definition) is 2. The summed E-state index contributed by atoms with van der Waals surface area (Å²) in [6, 6.07) is 13.7. The first-order chi connectivity index (χ1) is 12.9. The molecule has 1 aliphatic rings. The number of sulfone groups is 1. The van der Waals surface area contributed by atoms with E-state index in [0.29, 0.717) is 12.3 Å². The lowest BCUT2D eigenvalue weighted by Gasteiger charge is -2.22. The van der Waals surface area contributed by atoms with Crippen LogP contribution in [-0.2, 0) is 14.6 Å². The molecule has 1 amide bonds. The van der Waals surface area contributed by atoms with E-state index in [1.54, 1.807) is 25.3 Å². The van der Waals surface area contributed by atoms with E-state index in [4.69, 9.17) is 4.74 Å². The van der Waals surface area contributed by atoms with Crippen LogP contribution in [0.4, 0.5) is 0 Å². The van der Waals surface area contributed by atoms with Crippen LogP contribution >= 0.6 is 0 Å². The third-order valence-electron chi connectivity index (χ3n) is 4.79. The summed E-state index contributed by atoms with van der Waals surface area (Å²) in [5.41, 5.74) is 1.59. The van der Waals surface area contributed by atoms with Crippen LogP contribution in [0.5, 0.6) is 5.75 Å². The fraction of sp³-hybridized carbons (Fsp3) is 0.350. The second-order valence-corrected chi connectivity index (χ2v) is 8.76. The molecule has 27 heavy (non-hydrogen) atoms. The summed E-state index contributed by atoms with van der Waals surface area (Å²) >= 11 is 0. The van der Waals surface area contributed by atoms with Crippen molar-refractivity contribution in [3.05, 3.63) is 59.7 Å². The van der Waals surface area contributed by atoms with E-state index in [-0.39, 0.29) is 16.7 Å². The largest absolute Gasteiger partial charge is 0.497 e. The summed E-state index contributed by atoms with van der Waals surface area (Å²) in [5, 5.41) is 6.29. The van der Waals surface area contributed by atoms with Gasteiger partial charge in [-0.15, -0.1) is 0 Å². The Morgan fingerprint density at radius 2 is 1.93 bits per heavy atom. The third kappa shape index (κ3) is 4.67. The Morgan fingerprint density at radius 1 is 1.19 bits per heavy atom. The van der Waals surface area contributed by atoms with Gasteiger partial charge in [-0.1, -0.05) is 24.3 Å². The Labute approximate surface area is 159 Å². The Morgan fingerprint density at radius 3 is 2.52 bits per heavy atom. The molecule has 0 aromatic heterocycles. The topological polar surface area (TPSA) is 84.5 Å². The van der Waals surface area contributed by atoms with Crippen molar-refractivity contribution in [1.82, 2.24) is 10.6 Å². The first-order valence-electron chi connectivity index (χ1n) is 8.83. The maximum Gasteiger partial charge on any atom is 0.225 e. The van der Waals surface area contributed by atoms with E-state index in [1.165, 1.54) is 6.26 Å². The highest BCUT2D eigenvalue weighted by molar-refractivity contribution is 7.90. The molecule has 3 rings (SSSR count). The normalized spacial score (nSPS) is 18.1. The van der Waals surface area contributed by atoms with E-state index in [2.05, 4.69) is 10.6 Å². The molecule has 2 aromatic carbocycles. The van der Waals surface area contributed by atoms with Gasteiger partial charge >= 0.3 is 0 Å². The summed E-state index contributed by atoms with van der Waals surface area (Å²) in [6.45, 7) is 1.49. The molecule has 0 radical (unpaired) electrons. The molecule has 2 N–H and O–H groups in total. The fourth-order valence-corrected chi connectivity index (χ4v) is 3.89. The van der Waals surface area contributed by atoms with Gasteiger partial charge in [0.15, 0.2) is 9.84 Å². The summed E-state index contributed by atoms with van der Waals surface area (Å²) in [5.74, 6) is 0.600. The van der Waals surface area contributed by atoms with Crippen LogP contribution in [0.2, 0.25) is 0 Å². The van der Waals surface area contributed by atoms with Crippen LogP contribution in [0.25, 0.3) is 0 Å². The van der Waals surface area contributed by atoms with Gasteiger partial charge in [0.1, 0.15) is 5.75 Å². The van der Waals surface area contributed by atoms with Crippen molar-refractivity contribution in [3.8, 4) is 5.75 Å². The van der Waals surface area contributed by atoms with Crippen molar-refractivity contribution in [3.63, 3.8) is 0 Å². The molecule has 6 nitrogen and oxygen atoms in total. The predicted octanol–water partition coefficient (Wildman–Crippen LogP) is 1.91. The Bertz CT molecular complexity index is 904. The SMILES string of the molecule is COc1ccc(C(NC(=O)C2CCNC2)c2cccc(S(C)(=O)=O)c2)cc1. The van der Waals surface area contributed by atoms with Crippen molar-refractivity contribution in [1.29, 1.82) is 0 Å². The van der Waals surface area contributed by atoms with Gasteiger partial charge in [0.2, 0.25) is 5.91 Å². The molecular formula is C20H24N2O4S. The Balaban J connectivity index is 1.97. The molecule has 1 aliphatic heterocycles. The number of carbonyl (C=O) groups is 1. The molecule has 2 atom stereocenters. The minimum Gasteiger partial charge on any atom is -0.497 e. The minimum absolute atomic E-state index is 0.0365. The lowest BCUT2D eigenvalue weighted by atomic mass is 9.97. The minimum atomic E-state index is -3.34. The van der Waals surface area contributed by atoms with Crippen molar-refractivity contribution in [2.45, 2.75) is 17.4 Å². The van der Waals surface area contributed by atoms with Crippen LogP contribution in [-0.4, -0.2) is 40.8 Å². The molecule has 1 fully saturated rings. The van der Waals surface area contributed by atoms with E-state index in [0.717, 1.165) is 24.1 Å². The van der Waals surface area contributed by atoms with E-state index >= 15 is 0 Å². The zero-order valence-corrected chi connectivity index (χ0v) is 16.3. The lowest BCUT2D eigenvalue weighted by molar-refractivity contribution is -0.124. The number of ether oxygens (including phenoxy) is 1. The number of methoxy groups -OCH3 is 1. The standard InChI is InChI=1S/C20H24N2O4S/c1-26-17-8-6-14(7-9-17)19(22-20(23)16-10-11-21-13-16)15-4-3-5-18(12-15)27(2,24)25/h3-9,12,16,19,21H,10-11,13H2,1-2H3,(H,22,23). The van der Waals surface area contributed by atoms with E-state index < -0.39 is 15.9 Å². The Kier molecular flexibility index (Phi) is 5.82. The average Bonchev–Trinajstić information content (AvgIpc) is 3.20. The van der Waals surface area contributed by atoms with Gasteiger partial charge in [-0.25, -0.2) is 8.42 Å². The van der Waals surface area contributed by atoms with Crippen LogP contribution in [0.1, 0.15) is 23.6 Å². The molecule has 7 heteroatoms. The third-order valence-corrected chi connectivity index (χ3v) is 5.90. The van der Waals surface area contributed by atoms with E-state index in [9.17, 15) is 13.2 Å². The van der Waals surface area contributed by atoms with Gasteiger partial charge in [0, 0.05) is 12.8 Å². The smallest absolute Gasteiger partial charge is 0.225 e. The molecule has 0 bridgehead atoms. The number of rotatable bonds is 6. The monoisotopic (exact) mass is 388 g/mol. The first-order valence-corrected chi connectivity index (χ1v) is 10.7. The molecular weight excluding hydrogens is 364 g/mol. The van der Waals surface area contributed by atoms with Crippen LogP contribution in [0.3, 0.4) is 0 Å². The average molecular weight is 388 g/mol. The van der Waals surface area contributed by atoms with Gasteiger partial charge in [0.05, 0.1) is 24.0 Å². The maximum atomic E-state index is 12.7. The van der Waals surface area contributed by atoms with Crippen molar-refractivity contribution >= 4 is 15.7 Å². The molecule has 144 valence electrons. The first kappa shape index (κ1) is 19.4. The molecule has 2 unspecified atom stereocenters. The summed E-state index contributed by atoms with van der Waals surface area (Å²) < 4.78 is 29.1. The van der Waals surface area contributed by atoms with Gasteiger partial charge < -0.3 is 15.4 Å². The molecule has 1 heterocycles. The highest BCUT2D eigenvalue weighted by atomic mass is 32.2. The number of carbonyl (C=O) groups excluding carboxylic acids is 1. The maximum absolute atomic E-state index is 12.7. The van der Waals surface area contributed by atoms with Crippen molar-refractivity contribution < 1.29 is 17.9 Å². The van der Waals surface area contributed by atoms with Crippen molar-refractivity contribution in [2.75, 3.05) is 26.5 Å². The summed E-state index contributed by atoms with van der Waals surface area (Å²) in [7, 11) is -1.74. The second-order valence-electron chi connectivity index (χ2n) is 6.75. The highest BCUT2D eigenvalue weighted by Crippen LogP contribution is 2.27. The van der Waals surface area contributed by atoms with Crippen molar-refractivity contribution in [2.24, 2.45) is 5.92 Å². The van der Waals surface area contributed by atoms with Gasteiger partial charge in [-0.05, 0) is 48.4 Å². The van der Waals surface area contributed by atoms with Crippen LogP contribution in [0.15, 0.2) is 53.4 Å². The molecule has 2 aromatic rings. The summed E-state index contributed by atoms with van der Waals surface area (Å²) in [6.07, 6.45) is 1.97. The molecule has 0 spiro atoms. The number of benzene rings is 2. The Hall–Kier alpha value is -2.38. The number of hydrogen-bond acceptors (Lipinski definition) is 5. The lowest BCUT2D eigenvalue weighted by Crippen LogP contribution is -2.35. The van der Waals surface area contributed by atoms with Gasteiger partial charge in [-0.3, -0.25) is 4.79 Å². The zero-order chi connectivity index (χ0) is 19.4. The molecule has 0 aliphatic carbocycles. The predicted molar refractivity (Wildman–Crippen MR) is 104 cm³/mol. The molecule has 0 saturated carbocycles. The zero-order valence-electron chi connectivity index (χ0n) is 15.4. The van der Waals surface area contributed by atoms with Crippen LogP contribution in [0, 0.1) is 5.92 Å². The fourth-order valence-electron chi connectivity index (χ4n) is 3.22.